The molecule has 5 aromatic carbocycles. The van der Waals surface area contributed by atoms with E-state index in [1.165, 1.54) is 23.9 Å². The summed E-state index contributed by atoms with van der Waals surface area (Å²) in [4.78, 5) is 16.7. The lowest BCUT2D eigenvalue weighted by Crippen LogP contribution is -2.40. The highest BCUT2D eigenvalue weighted by atomic mass is 35.5. The maximum atomic E-state index is 14.3. The van der Waals surface area contributed by atoms with Crippen LogP contribution >= 0.6 is 23.4 Å². The number of carbonyl (C=O) groups is 1. The Hall–Kier alpha value is -4.62. The van der Waals surface area contributed by atoms with Crippen LogP contribution in [0, 0.1) is 5.92 Å². The number of carbonyl (C=O) groups excluding carboxylic acids is 1. The lowest BCUT2D eigenvalue weighted by molar-refractivity contribution is -0.0435. The number of nitrogens with one attached hydrogen (secondary N) is 3. The number of nitrogens with zero attached hydrogens (tertiary/aromatic N) is 2. The SMILES string of the molecule is O=C(NS(=O)(=O)c1ccc(N[C@@H](CSc2ccccc2)C[C@@H]2CCCN2CCNC2CC2)c(S(=O)(=O)C(F)(F)F)c1)c1ccc(N2CCC([C@@H](O)c3ccccc3-c3ccc(Cl)cc3)CC2)cc1. The maximum absolute atomic E-state index is 14.3. The van der Waals surface area contributed by atoms with E-state index < -0.39 is 53.2 Å². The van der Waals surface area contributed by atoms with Crippen LogP contribution in [0.3, 0.4) is 0 Å². The third-order valence-electron chi connectivity index (χ3n) is 13.0. The van der Waals surface area contributed by atoms with Crippen molar-refractivity contribution in [3.63, 3.8) is 0 Å². The van der Waals surface area contributed by atoms with Crippen LogP contribution in [0.25, 0.3) is 11.1 Å². The quantitative estimate of drug-likeness (QED) is 0.0587. The Morgan fingerprint density at radius 1 is 0.824 bits per heavy atom. The Morgan fingerprint density at radius 2 is 1.51 bits per heavy atom. The molecular formula is C50H55ClF3N5O6S3. The van der Waals surface area contributed by atoms with Crippen molar-refractivity contribution in [2.75, 3.05) is 48.7 Å². The van der Waals surface area contributed by atoms with Crippen molar-refractivity contribution in [1.82, 2.24) is 14.9 Å². The number of rotatable bonds is 19. The number of anilines is 2. The molecule has 3 atom stereocenters. The molecule has 2 saturated heterocycles. The maximum Gasteiger partial charge on any atom is 0.501 e. The molecule has 0 spiro atoms. The summed E-state index contributed by atoms with van der Waals surface area (Å²) in [6, 6.07) is 33.6. The van der Waals surface area contributed by atoms with Crippen molar-refractivity contribution in [2.24, 2.45) is 5.92 Å². The number of benzene rings is 5. The van der Waals surface area contributed by atoms with Gasteiger partial charge in [-0.15, -0.1) is 11.8 Å². The van der Waals surface area contributed by atoms with Crippen molar-refractivity contribution < 1.29 is 39.9 Å². The van der Waals surface area contributed by atoms with Gasteiger partial charge < -0.3 is 20.6 Å². The topological polar surface area (TPSA) is 148 Å². The average molecular weight is 1010 g/mol. The highest BCUT2D eigenvalue weighted by Crippen LogP contribution is 2.39. The molecule has 2 aliphatic heterocycles. The second kappa shape index (κ2) is 21.6. The van der Waals surface area contributed by atoms with Gasteiger partial charge in [-0.05, 0) is 141 Å². The molecule has 11 nitrogen and oxygen atoms in total. The molecule has 68 heavy (non-hydrogen) atoms. The number of aliphatic hydroxyl groups is 1. The lowest BCUT2D eigenvalue weighted by Gasteiger charge is -2.36. The lowest BCUT2D eigenvalue weighted by atomic mass is 9.84. The molecule has 0 unspecified atom stereocenters. The van der Waals surface area contributed by atoms with E-state index >= 15 is 0 Å². The average Bonchev–Trinajstić information content (AvgIpc) is 4.06. The molecule has 1 aliphatic carbocycles. The number of sulfonamides is 1. The number of alkyl halides is 3. The number of hydrogen-bond donors (Lipinski definition) is 4. The van der Waals surface area contributed by atoms with E-state index in [0.29, 0.717) is 55.2 Å². The van der Waals surface area contributed by atoms with Crippen molar-refractivity contribution in [2.45, 2.75) is 89.4 Å². The normalized spacial score (nSPS) is 18.3. The van der Waals surface area contributed by atoms with E-state index in [1.54, 1.807) is 12.1 Å². The van der Waals surface area contributed by atoms with E-state index in [-0.39, 0.29) is 23.2 Å². The number of amides is 1. The van der Waals surface area contributed by atoms with Gasteiger partial charge in [0.25, 0.3) is 25.8 Å². The van der Waals surface area contributed by atoms with Crippen LogP contribution in [0.1, 0.15) is 67.0 Å². The Kier molecular flexibility index (Phi) is 15.8. The zero-order valence-corrected chi connectivity index (χ0v) is 40.5. The highest BCUT2D eigenvalue weighted by molar-refractivity contribution is 7.99. The monoisotopic (exact) mass is 1010 g/mol. The minimum Gasteiger partial charge on any atom is -0.388 e. The Morgan fingerprint density at radius 3 is 2.21 bits per heavy atom. The number of piperidine rings is 1. The summed E-state index contributed by atoms with van der Waals surface area (Å²) in [5, 5.41) is 18.8. The Bertz CT molecular complexity index is 2740. The van der Waals surface area contributed by atoms with Crippen LogP contribution in [0.15, 0.2) is 136 Å². The Balaban J connectivity index is 0.942. The zero-order chi connectivity index (χ0) is 48.1. The van der Waals surface area contributed by atoms with Gasteiger partial charge in [0.15, 0.2) is 0 Å². The van der Waals surface area contributed by atoms with Gasteiger partial charge in [0.05, 0.1) is 16.7 Å². The molecule has 4 N–H and O–H groups in total. The number of halogens is 4. The van der Waals surface area contributed by atoms with Crippen LogP contribution in [0.2, 0.25) is 5.02 Å². The summed E-state index contributed by atoms with van der Waals surface area (Å²) in [5.74, 6) is -0.679. The predicted molar refractivity (Wildman–Crippen MR) is 262 cm³/mol. The summed E-state index contributed by atoms with van der Waals surface area (Å²) >= 11 is 7.59. The predicted octanol–water partition coefficient (Wildman–Crippen LogP) is 9.55. The minimum atomic E-state index is -6.08. The molecule has 3 aliphatic rings. The molecule has 0 bridgehead atoms. The molecule has 8 rings (SSSR count). The third-order valence-corrected chi connectivity index (χ3v) is 17.3. The first-order valence-corrected chi connectivity index (χ1v) is 27.2. The number of likely N-dealkylation sites (tertiary alicyclic amines) is 1. The second-order valence-electron chi connectivity index (χ2n) is 17.7. The Labute approximate surface area is 405 Å². The molecule has 2 heterocycles. The largest absolute Gasteiger partial charge is 0.501 e. The smallest absolute Gasteiger partial charge is 0.388 e. The van der Waals surface area contributed by atoms with Gasteiger partial charge >= 0.3 is 5.51 Å². The molecule has 18 heteroatoms. The number of thioether (sulfide) groups is 1. The van der Waals surface area contributed by atoms with E-state index in [4.69, 9.17) is 11.6 Å². The van der Waals surface area contributed by atoms with Gasteiger partial charge in [-0.3, -0.25) is 9.69 Å². The van der Waals surface area contributed by atoms with Crippen LogP contribution in [-0.2, 0) is 19.9 Å². The van der Waals surface area contributed by atoms with Crippen molar-refractivity contribution in [1.29, 1.82) is 0 Å². The van der Waals surface area contributed by atoms with E-state index in [0.717, 1.165) is 84.7 Å². The summed E-state index contributed by atoms with van der Waals surface area (Å²) < 4.78 is 98.7. The highest BCUT2D eigenvalue weighted by Gasteiger charge is 2.48. The molecule has 3 fully saturated rings. The molecule has 1 amide bonds. The summed E-state index contributed by atoms with van der Waals surface area (Å²) in [6.45, 7) is 3.73. The molecule has 0 aromatic heterocycles. The first-order valence-electron chi connectivity index (χ1n) is 22.9. The summed E-state index contributed by atoms with van der Waals surface area (Å²) in [6.07, 6.45) is 5.32. The third kappa shape index (κ3) is 12.2. The molecule has 5 aromatic rings. The summed E-state index contributed by atoms with van der Waals surface area (Å²) in [7, 11) is -10.9. The second-order valence-corrected chi connectivity index (χ2v) is 22.8. The van der Waals surface area contributed by atoms with Crippen molar-refractivity contribution >= 4 is 60.5 Å². The van der Waals surface area contributed by atoms with E-state index in [1.807, 2.05) is 83.6 Å². The van der Waals surface area contributed by atoms with Gasteiger partial charge in [-0.2, -0.15) is 13.2 Å². The molecule has 362 valence electrons. The van der Waals surface area contributed by atoms with Gasteiger partial charge in [-0.1, -0.05) is 66.2 Å². The van der Waals surface area contributed by atoms with Gasteiger partial charge in [-0.25, -0.2) is 21.6 Å². The number of hydrogen-bond acceptors (Lipinski definition) is 11. The van der Waals surface area contributed by atoms with Crippen molar-refractivity contribution in [3.8, 4) is 11.1 Å². The molecule has 0 radical (unpaired) electrons. The van der Waals surface area contributed by atoms with Gasteiger partial charge in [0.1, 0.15) is 4.90 Å². The zero-order valence-electron chi connectivity index (χ0n) is 37.2. The molecular weight excluding hydrogens is 955 g/mol. The van der Waals surface area contributed by atoms with E-state index in [2.05, 4.69) is 20.4 Å². The van der Waals surface area contributed by atoms with Crippen LogP contribution in [0.4, 0.5) is 24.5 Å². The summed E-state index contributed by atoms with van der Waals surface area (Å²) in [5.41, 5.74) is -2.68. The first kappa shape index (κ1) is 49.8. The number of sulfone groups is 1. The van der Waals surface area contributed by atoms with Crippen molar-refractivity contribution in [3.05, 3.63) is 137 Å². The van der Waals surface area contributed by atoms with Crippen LogP contribution in [0.5, 0.6) is 0 Å². The van der Waals surface area contributed by atoms with Gasteiger partial charge in [0, 0.05) is 71.2 Å². The van der Waals surface area contributed by atoms with Crippen LogP contribution < -0.4 is 20.3 Å². The van der Waals surface area contributed by atoms with Gasteiger partial charge in [0.2, 0.25) is 0 Å². The minimum absolute atomic E-state index is 0.0154. The fourth-order valence-corrected chi connectivity index (χ4v) is 12.3. The van der Waals surface area contributed by atoms with Crippen LogP contribution in [-0.4, -0.2) is 94.9 Å². The fourth-order valence-electron chi connectivity index (χ4n) is 9.16. The fraction of sp³-hybridized carbons (Fsp3) is 0.380. The first-order chi connectivity index (χ1) is 32.6. The standard InChI is InChI=1S/C50H55ClF3N5O6S3/c51-37-16-12-34(13-17-37)44-10-4-5-11-45(44)48(60)35-24-28-59(29-25-35)40-20-14-36(15-21-40)49(61)57-68(64,65)43-22-23-46(47(32-43)67(62,63)50(52,53)54)56-39(33-66-42-8-2-1-3-9-42)31-41-7-6-27-58(41)30-26-55-38-18-19-38/h1-5,8-17,20-23,32,35,38-39,41,48,55-56,60H,6-7,18-19,24-31,33H2,(H,57,61)/t39-,41+,48-/m1/s1. The van der Waals surface area contributed by atoms with E-state index in [9.17, 15) is 39.9 Å². The molecule has 1 saturated carbocycles. The number of aliphatic hydroxyl groups excluding tert-OH is 1.